The summed E-state index contributed by atoms with van der Waals surface area (Å²) in [6.45, 7) is 2.25. The van der Waals surface area contributed by atoms with Gasteiger partial charge >= 0.3 is 0 Å². The first kappa shape index (κ1) is 23.0. The molecule has 0 aliphatic carbocycles. The van der Waals surface area contributed by atoms with Crippen LogP contribution in [0.5, 0.6) is 0 Å². The number of piperidine rings is 1. The average molecular weight is 461 g/mol. The quantitative estimate of drug-likeness (QED) is 0.489. The van der Waals surface area contributed by atoms with Gasteiger partial charge in [0.05, 0.1) is 5.92 Å². The highest BCUT2D eigenvalue weighted by Gasteiger charge is 2.24. The second-order valence-corrected chi connectivity index (χ2v) is 9.31. The Balaban J connectivity index is 1.37. The number of nitrogens with two attached hydrogens (primary N) is 1. The van der Waals surface area contributed by atoms with Crippen molar-refractivity contribution in [3.8, 4) is 0 Å². The van der Waals surface area contributed by atoms with Crippen molar-refractivity contribution in [1.29, 1.82) is 0 Å². The number of rotatable bonds is 8. The van der Waals surface area contributed by atoms with Crippen LogP contribution in [0.15, 0.2) is 78.0 Å². The van der Waals surface area contributed by atoms with Crippen LogP contribution < -0.4 is 11.1 Å². The lowest BCUT2D eigenvalue weighted by Gasteiger charge is -2.31. The minimum Gasteiger partial charge on any atom is -0.369 e. The van der Waals surface area contributed by atoms with Crippen LogP contribution in [0.4, 0.5) is 5.69 Å². The molecule has 1 aliphatic heterocycles. The van der Waals surface area contributed by atoms with Gasteiger partial charge in [-0.15, -0.1) is 11.8 Å². The van der Waals surface area contributed by atoms with Gasteiger partial charge in [-0.25, -0.2) is 0 Å². The minimum absolute atomic E-state index is 0.102. The highest BCUT2D eigenvalue weighted by atomic mass is 32.2. The predicted molar refractivity (Wildman–Crippen MR) is 132 cm³/mol. The Morgan fingerprint density at radius 3 is 2.67 bits per heavy atom. The van der Waals surface area contributed by atoms with Crippen molar-refractivity contribution in [2.75, 3.05) is 18.4 Å². The molecule has 3 aromatic rings. The first-order valence-corrected chi connectivity index (χ1v) is 12.1. The molecule has 3 N–H and O–H groups in total. The molecule has 1 aromatic heterocycles. The topological polar surface area (TPSA) is 88.3 Å². The third-order valence-corrected chi connectivity index (χ3v) is 6.90. The molecule has 6 nitrogen and oxygen atoms in total. The van der Waals surface area contributed by atoms with Crippen molar-refractivity contribution in [1.82, 2.24) is 9.88 Å². The van der Waals surface area contributed by atoms with E-state index in [4.69, 9.17) is 5.73 Å². The molecule has 1 unspecified atom stereocenters. The van der Waals surface area contributed by atoms with Gasteiger partial charge in [0, 0.05) is 47.4 Å². The number of para-hydroxylation sites is 1. The van der Waals surface area contributed by atoms with Crippen LogP contribution in [0.25, 0.3) is 0 Å². The molecule has 1 saturated heterocycles. The zero-order valence-electron chi connectivity index (χ0n) is 18.4. The van der Waals surface area contributed by atoms with Gasteiger partial charge in [0.25, 0.3) is 5.91 Å². The van der Waals surface area contributed by atoms with E-state index in [0.29, 0.717) is 18.7 Å². The van der Waals surface area contributed by atoms with Crippen LogP contribution in [0.2, 0.25) is 0 Å². The van der Waals surface area contributed by atoms with E-state index in [0.717, 1.165) is 46.8 Å². The summed E-state index contributed by atoms with van der Waals surface area (Å²) in [6, 6.07) is 19.5. The lowest BCUT2D eigenvalue weighted by Crippen LogP contribution is -2.40. The fraction of sp³-hybridized carbons (Fsp3) is 0.269. The van der Waals surface area contributed by atoms with Crippen molar-refractivity contribution in [3.63, 3.8) is 0 Å². The number of benzene rings is 2. The van der Waals surface area contributed by atoms with Crippen molar-refractivity contribution in [2.45, 2.75) is 30.0 Å². The SMILES string of the molecule is NC(=O)C1CCCN(Cc2ccccc2NC(=O)c2ccc(SCc3cccnc3)cc2)C1. The zero-order valence-corrected chi connectivity index (χ0v) is 19.3. The molecule has 33 heavy (non-hydrogen) atoms. The number of pyridine rings is 1. The third kappa shape index (κ3) is 6.43. The van der Waals surface area contributed by atoms with E-state index in [2.05, 4.69) is 21.3 Å². The van der Waals surface area contributed by atoms with Crippen molar-refractivity contribution in [2.24, 2.45) is 11.7 Å². The number of carbonyl (C=O) groups excluding carboxylic acids is 2. The molecule has 2 amide bonds. The number of primary amides is 1. The Kier molecular flexibility index (Phi) is 7.75. The van der Waals surface area contributed by atoms with Crippen molar-refractivity contribution < 1.29 is 9.59 Å². The number of hydrogen-bond acceptors (Lipinski definition) is 5. The maximum Gasteiger partial charge on any atom is 0.255 e. The Labute approximate surface area is 198 Å². The summed E-state index contributed by atoms with van der Waals surface area (Å²) < 4.78 is 0. The lowest BCUT2D eigenvalue weighted by atomic mass is 9.97. The fourth-order valence-electron chi connectivity index (χ4n) is 4.00. The number of hydrogen-bond donors (Lipinski definition) is 2. The van der Waals surface area contributed by atoms with Gasteiger partial charge in [-0.05, 0) is 66.9 Å². The van der Waals surface area contributed by atoms with Crippen LogP contribution in [-0.2, 0) is 17.1 Å². The van der Waals surface area contributed by atoms with Crippen LogP contribution in [-0.4, -0.2) is 34.8 Å². The Hall–Kier alpha value is -3.16. The van der Waals surface area contributed by atoms with Crippen LogP contribution in [0.1, 0.15) is 34.3 Å². The Morgan fingerprint density at radius 2 is 1.91 bits per heavy atom. The molecule has 0 saturated carbocycles. The van der Waals surface area contributed by atoms with Crippen LogP contribution in [0.3, 0.4) is 0 Å². The molecule has 0 bridgehead atoms. The van der Waals surface area contributed by atoms with E-state index in [1.54, 1.807) is 18.0 Å². The smallest absolute Gasteiger partial charge is 0.255 e. The molecule has 170 valence electrons. The molecular weight excluding hydrogens is 432 g/mol. The number of aromatic nitrogens is 1. The van der Waals surface area contributed by atoms with E-state index in [-0.39, 0.29) is 17.7 Å². The van der Waals surface area contributed by atoms with Crippen molar-refractivity contribution >= 4 is 29.3 Å². The molecule has 0 spiro atoms. The molecule has 2 heterocycles. The normalized spacial score (nSPS) is 16.3. The van der Waals surface area contributed by atoms with Gasteiger partial charge in [0.15, 0.2) is 0 Å². The zero-order chi connectivity index (χ0) is 23.0. The molecule has 0 radical (unpaired) electrons. The molecule has 2 aromatic carbocycles. The molecule has 1 fully saturated rings. The summed E-state index contributed by atoms with van der Waals surface area (Å²) in [4.78, 5) is 32.0. The molecule has 4 rings (SSSR count). The Bertz CT molecular complexity index is 1090. The highest BCUT2D eigenvalue weighted by Crippen LogP contribution is 2.25. The first-order valence-electron chi connectivity index (χ1n) is 11.1. The van der Waals surface area contributed by atoms with E-state index in [1.807, 2.05) is 60.8 Å². The monoisotopic (exact) mass is 460 g/mol. The predicted octanol–water partition coefficient (Wildman–Crippen LogP) is 4.32. The van der Waals surface area contributed by atoms with E-state index < -0.39 is 0 Å². The van der Waals surface area contributed by atoms with Crippen LogP contribution >= 0.6 is 11.8 Å². The molecule has 1 atom stereocenters. The summed E-state index contributed by atoms with van der Waals surface area (Å²) in [5.41, 5.74) is 9.11. The number of nitrogens with one attached hydrogen (secondary N) is 1. The largest absolute Gasteiger partial charge is 0.369 e. The maximum absolute atomic E-state index is 12.9. The molecule has 7 heteroatoms. The molecular formula is C26H28N4O2S. The van der Waals surface area contributed by atoms with E-state index >= 15 is 0 Å². The van der Waals surface area contributed by atoms with E-state index in [9.17, 15) is 9.59 Å². The summed E-state index contributed by atoms with van der Waals surface area (Å²) in [5.74, 6) is 0.359. The second-order valence-electron chi connectivity index (χ2n) is 8.26. The average Bonchev–Trinajstić information content (AvgIpc) is 2.85. The standard InChI is InChI=1S/C26H28N4O2S/c27-25(31)22-7-4-14-30(17-22)16-21-6-1-2-8-24(21)29-26(32)20-9-11-23(12-10-20)33-18-19-5-3-13-28-15-19/h1-3,5-6,8-13,15,22H,4,7,14,16-18H2,(H2,27,31)(H,29,32). The van der Waals surface area contributed by atoms with Gasteiger partial charge in [-0.3, -0.25) is 19.5 Å². The lowest BCUT2D eigenvalue weighted by molar-refractivity contribution is -0.123. The number of thioether (sulfide) groups is 1. The number of nitrogens with zero attached hydrogens (tertiary/aromatic N) is 2. The van der Waals surface area contributed by atoms with E-state index in [1.165, 1.54) is 0 Å². The van der Waals surface area contributed by atoms with Crippen LogP contribution in [0, 0.1) is 5.92 Å². The fourth-order valence-corrected chi connectivity index (χ4v) is 4.83. The van der Waals surface area contributed by atoms with Gasteiger partial charge in [0.2, 0.25) is 5.91 Å². The van der Waals surface area contributed by atoms with Crippen molar-refractivity contribution in [3.05, 3.63) is 89.7 Å². The molecule has 1 aliphatic rings. The van der Waals surface area contributed by atoms with Gasteiger partial charge in [-0.1, -0.05) is 24.3 Å². The van der Waals surface area contributed by atoms with Gasteiger partial charge in [-0.2, -0.15) is 0 Å². The number of likely N-dealkylation sites (tertiary alicyclic amines) is 1. The third-order valence-electron chi connectivity index (χ3n) is 5.81. The number of carbonyl (C=O) groups is 2. The minimum atomic E-state index is -0.233. The Morgan fingerprint density at radius 1 is 1.09 bits per heavy atom. The number of amides is 2. The summed E-state index contributed by atoms with van der Waals surface area (Å²) in [5, 5.41) is 3.06. The van der Waals surface area contributed by atoms with Gasteiger partial charge < -0.3 is 11.1 Å². The summed E-state index contributed by atoms with van der Waals surface area (Å²) in [7, 11) is 0. The maximum atomic E-state index is 12.9. The van der Waals surface area contributed by atoms with Gasteiger partial charge in [0.1, 0.15) is 0 Å². The highest BCUT2D eigenvalue weighted by molar-refractivity contribution is 7.98. The summed E-state index contributed by atoms with van der Waals surface area (Å²) in [6.07, 6.45) is 5.43. The second kappa shape index (κ2) is 11.1. The summed E-state index contributed by atoms with van der Waals surface area (Å²) >= 11 is 1.71. The first-order chi connectivity index (χ1) is 16.1. The number of anilines is 1.